The summed E-state index contributed by atoms with van der Waals surface area (Å²) in [6.45, 7) is 3.24. The number of hydrogen-bond acceptors (Lipinski definition) is 6. The Kier molecular flexibility index (Phi) is 4.72. The van der Waals surface area contributed by atoms with E-state index in [4.69, 9.17) is 9.26 Å². The van der Waals surface area contributed by atoms with Gasteiger partial charge in [0.25, 0.3) is 0 Å². The van der Waals surface area contributed by atoms with Crippen LogP contribution in [0.15, 0.2) is 20.4 Å². The second-order valence-corrected chi connectivity index (χ2v) is 6.63. The Hall–Kier alpha value is -1.47. The number of aryl methyl sites for hydroxylation is 2. The van der Waals surface area contributed by atoms with Gasteiger partial charge in [-0.2, -0.15) is 0 Å². The van der Waals surface area contributed by atoms with Gasteiger partial charge in [-0.05, 0) is 41.9 Å². The van der Waals surface area contributed by atoms with E-state index in [1.165, 1.54) is 11.3 Å². The first-order chi connectivity index (χ1) is 9.47. The number of Topliss-reactive ketones (excluding diaryl/α,β-unsaturated/α-hetero) is 1. The maximum absolute atomic E-state index is 11.8. The van der Waals surface area contributed by atoms with Crippen molar-refractivity contribution in [3.63, 3.8) is 0 Å². The van der Waals surface area contributed by atoms with Gasteiger partial charge in [0, 0.05) is 5.56 Å². The fraction of sp³-hybridized carbons (Fsp3) is 0.308. The molecule has 0 radical (unpaired) electrons. The average Bonchev–Trinajstić information content (AvgIpc) is 2.97. The van der Waals surface area contributed by atoms with Crippen LogP contribution in [-0.4, -0.2) is 23.5 Å². The topological polar surface area (TPSA) is 69.4 Å². The Morgan fingerprint density at radius 1 is 1.40 bits per heavy atom. The summed E-state index contributed by atoms with van der Waals surface area (Å²) in [7, 11) is 0. The second kappa shape index (κ2) is 6.32. The quantitative estimate of drug-likeness (QED) is 0.607. The van der Waals surface area contributed by atoms with Gasteiger partial charge in [-0.25, -0.2) is 0 Å². The minimum absolute atomic E-state index is 0.0581. The number of nitrogens with zero attached hydrogens (tertiary/aromatic N) is 1. The summed E-state index contributed by atoms with van der Waals surface area (Å²) in [5.74, 6) is -0.0934. The van der Waals surface area contributed by atoms with Crippen LogP contribution in [0.5, 0.6) is 0 Å². The van der Waals surface area contributed by atoms with Crippen molar-refractivity contribution in [3.8, 4) is 0 Å². The number of hydrogen-bond donors (Lipinski definition) is 0. The van der Waals surface area contributed by atoms with Crippen LogP contribution in [0, 0.1) is 13.8 Å². The molecule has 7 heteroatoms. The Morgan fingerprint density at radius 2 is 2.15 bits per heavy atom. The molecule has 0 saturated carbocycles. The Bertz CT molecular complexity index is 627. The second-order valence-electron chi connectivity index (χ2n) is 4.17. The highest BCUT2D eigenvalue weighted by Crippen LogP contribution is 2.22. The van der Waals surface area contributed by atoms with Crippen molar-refractivity contribution >= 4 is 39.0 Å². The number of ether oxygens (including phenoxy) is 1. The van der Waals surface area contributed by atoms with Crippen LogP contribution in [0.3, 0.4) is 0 Å². The normalized spacial score (nSPS) is 10.6. The smallest absolute Gasteiger partial charge is 0.310 e. The highest BCUT2D eigenvalue weighted by Gasteiger charge is 2.16. The number of ketones is 1. The molecule has 5 nitrogen and oxygen atoms in total. The molecule has 2 aromatic heterocycles. The SMILES string of the molecule is Cc1noc(C)c1CC(=O)OCC(=O)c1ccc(Br)s1. The summed E-state index contributed by atoms with van der Waals surface area (Å²) < 4.78 is 10.8. The third kappa shape index (κ3) is 3.55. The monoisotopic (exact) mass is 357 g/mol. The molecule has 0 aliphatic carbocycles. The predicted molar refractivity (Wildman–Crippen MR) is 77.0 cm³/mol. The summed E-state index contributed by atoms with van der Waals surface area (Å²) in [6.07, 6.45) is 0.0581. The Labute approximate surface area is 128 Å². The highest BCUT2D eigenvalue weighted by molar-refractivity contribution is 9.11. The highest BCUT2D eigenvalue weighted by atomic mass is 79.9. The minimum atomic E-state index is -0.469. The largest absolute Gasteiger partial charge is 0.457 e. The van der Waals surface area contributed by atoms with Gasteiger partial charge in [0.05, 0.1) is 20.8 Å². The lowest BCUT2D eigenvalue weighted by Crippen LogP contribution is -2.15. The van der Waals surface area contributed by atoms with Crippen LogP contribution >= 0.6 is 27.3 Å². The first kappa shape index (κ1) is 14.9. The lowest BCUT2D eigenvalue weighted by molar-refractivity contribution is -0.141. The Balaban J connectivity index is 1.88. The fourth-order valence-corrected chi connectivity index (χ4v) is 2.94. The van der Waals surface area contributed by atoms with Crippen molar-refractivity contribution in [2.24, 2.45) is 0 Å². The molecular weight excluding hydrogens is 346 g/mol. The van der Waals surface area contributed by atoms with E-state index in [9.17, 15) is 9.59 Å². The molecule has 0 bridgehead atoms. The predicted octanol–water partition coefficient (Wildman–Crippen LogP) is 3.08. The van der Waals surface area contributed by atoms with E-state index < -0.39 is 5.97 Å². The zero-order valence-electron chi connectivity index (χ0n) is 10.9. The number of carbonyl (C=O) groups excluding carboxylic acids is 2. The van der Waals surface area contributed by atoms with Crippen LogP contribution in [-0.2, 0) is 16.0 Å². The molecule has 0 aliphatic heterocycles. The summed E-state index contributed by atoms with van der Waals surface area (Å²) >= 11 is 4.59. The molecule has 0 N–H and O–H groups in total. The number of halogens is 1. The molecule has 2 rings (SSSR count). The molecule has 106 valence electrons. The maximum atomic E-state index is 11.8. The molecule has 0 amide bonds. The maximum Gasteiger partial charge on any atom is 0.310 e. The Morgan fingerprint density at radius 3 is 2.70 bits per heavy atom. The van der Waals surface area contributed by atoms with Crippen molar-refractivity contribution in [3.05, 3.63) is 37.8 Å². The van der Waals surface area contributed by atoms with Crippen molar-refractivity contribution in [1.29, 1.82) is 0 Å². The molecule has 2 heterocycles. The van der Waals surface area contributed by atoms with E-state index in [2.05, 4.69) is 21.1 Å². The first-order valence-corrected chi connectivity index (χ1v) is 7.44. The molecule has 20 heavy (non-hydrogen) atoms. The zero-order valence-corrected chi connectivity index (χ0v) is 13.3. The number of esters is 1. The van der Waals surface area contributed by atoms with E-state index in [0.717, 1.165) is 3.79 Å². The minimum Gasteiger partial charge on any atom is -0.457 e. The molecule has 0 aliphatic rings. The van der Waals surface area contributed by atoms with Gasteiger partial charge in [-0.1, -0.05) is 5.16 Å². The van der Waals surface area contributed by atoms with E-state index in [0.29, 0.717) is 21.9 Å². The van der Waals surface area contributed by atoms with Crippen LogP contribution in [0.4, 0.5) is 0 Å². The molecule has 0 aromatic carbocycles. The van der Waals surface area contributed by atoms with E-state index >= 15 is 0 Å². The molecular formula is C13H12BrNO4S. The number of aromatic nitrogens is 1. The van der Waals surface area contributed by atoms with Gasteiger partial charge in [0.1, 0.15) is 5.76 Å². The summed E-state index contributed by atoms with van der Waals surface area (Å²) in [5, 5.41) is 3.76. The fourth-order valence-electron chi connectivity index (χ4n) is 1.63. The van der Waals surface area contributed by atoms with E-state index in [1.54, 1.807) is 26.0 Å². The van der Waals surface area contributed by atoms with Gasteiger partial charge in [0.15, 0.2) is 6.61 Å². The van der Waals surface area contributed by atoms with Crippen molar-refractivity contribution in [2.45, 2.75) is 20.3 Å². The molecule has 0 spiro atoms. The molecule has 2 aromatic rings. The van der Waals surface area contributed by atoms with Gasteiger partial charge in [0.2, 0.25) is 5.78 Å². The number of thiophene rings is 1. The summed E-state index contributed by atoms with van der Waals surface area (Å²) in [4.78, 5) is 24.0. The van der Waals surface area contributed by atoms with Crippen LogP contribution in [0.2, 0.25) is 0 Å². The van der Waals surface area contributed by atoms with Crippen molar-refractivity contribution < 1.29 is 18.8 Å². The van der Waals surface area contributed by atoms with E-state index in [-0.39, 0.29) is 18.8 Å². The van der Waals surface area contributed by atoms with Gasteiger partial charge < -0.3 is 9.26 Å². The van der Waals surface area contributed by atoms with Crippen molar-refractivity contribution in [1.82, 2.24) is 5.16 Å². The standard InChI is InChI=1S/C13H12BrNO4S/c1-7-9(8(2)19-15-7)5-13(17)18-6-10(16)11-3-4-12(14)20-11/h3-4H,5-6H2,1-2H3. The lowest BCUT2D eigenvalue weighted by Gasteiger charge is -2.03. The van der Waals surface area contributed by atoms with Crippen LogP contribution in [0.1, 0.15) is 26.7 Å². The van der Waals surface area contributed by atoms with Crippen LogP contribution in [0.25, 0.3) is 0 Å². The molecule has 0 fully saturated rings. The lowest BCUT2D eigenvalue weighted by atomic mass is 10.1. The summed E-state index contributed by atoms with van der Waals surface area (Å²) in [6, 6.07) is 3.47. The van der Waals surface area contributed by atoms with Gasteiger partial charge >= 0.3 is 5.97 Å². The number of carbonyl (C=O) groups is 2. The van der Waals surface area contributed by atoms with Crippen molar-refractivity contribution in [2.75, 3.05) is 6.61 Å². The van der Waals surface area contributed by atoms with Gasteiger partial charge in [-0.15, -0.1) is 11.3 Å². The number of rotatable bonds is 5. The van der Waals surface area contributed by atoms with E-state index in [1.807, 2.05) is 0 Å². The molecule has 0 atom stereocenters. The van der Waals surface area contributed by atoms with Gasteiger partial charge in [-0.3, -0.25) is 9.59 Å². The molecule has 0 saturated heterocycles. The average molecular weight is 358 g/mol. The first-order valence-electron chi connectivity index (χ1n) is 5.83. The summed E-state index contributed by atoms with van der Waals surface area (Å²) in [5.41, 5.74) is 1.37. The zero-order chi connectivity index (χ0) is 14.7. The third-order valence-electron chi connectivity index (χ3n) is 2.71. The molecule has 0 unspecified atom stereocenters. The van der Waals surface area contributed by atoms with Crippen LogP contribution < -0.4 is 0 Å². The third-order valence-corrected chi connectivity index (χ3v) is 4.38.